The van der Waals surface area contributed by atoms with E-state index >= 15 is 0 Å². The lowest BCUT2D eigenvalue weighted by Crippen LogP contribution is -1.97. The van der Waals surface area contributed by atoms with Crippen LogP contribution in [0.5, 0.6) is 11.5 Å². The van der Waals surface area contributed by atoms with Crippen LogP contribution in [0.2, 0.25) is 10.0 Å². The van der Waals surface area contributed by atoms with Crippen molar-refractivity contribution in [2.75, 3.05) is 14.2 Å². The van der Waals surface area contributed by atoms with Crippen LogP contribution in [0.4, 0.5) is 0 Å². The summed E-state index contributed by atoms with van der Waals surface area (Å²) in [4.78, 5) is 12.2. The molecular formula is C17H14Cl2O3. The Morgan fingerprint density at radius 1 is 0.955 bits per heavy atom. The molecule has 0 saturated heterocycles. The second-order valence-corrected chi connectivity index (χ2v) is 5.26. The standard InChI is InChI=1S/C17H14Cl2O3/c1-21-16-8-5-12(10-17(16)22-2)15(20)7-4-11-3-6-13(18)14(19)9-11/h3-10H,1-2H3/b7-4+. The van der Waals surface area contributed by atoms with Crippen molar-refractivity contribution in [3.8, 4) is 11.5 Å². The molecule has 0 radical (unpaired) electrons. The summed E-state index contributed by atoms with van der Waals surface area (Å²) in [6.45, 7) is 0. The molecule has 0 unspecified atom stereocenters. The van der Waals surface area contributed by atoms with Crippen molar-refractivity contribution >= 4 is 35.1 Å². The van der Waals surface area contributed by atoms with Crippen LogP contribution >= 0.6 is 23.2 Å². The molecule has 3 nitrogen and oxygen atoms in total. The first-order valence-corrected chi connectivity index (χ1v) is 7.20. The van der Waals surface area contributed by atoms with Gasteiger partial charge in [0, 0.05) is 5.56 Å². The van der Waals surface area contributed by atoms with Crippen molar-refractivity contribution in [1.29, 1.82) is 0 Å². The highest BCUT2D eigenvalue weighted by atomic mass is 35.5. The molecule has 0 aliphatic rings. The first kappa shape index (κ1) is 16.4. The van der Waals surface area contributed by atoms with Gasteiger partial charge in [0.2, 0.25) is 0 Å². The summed E-state index contributed by atoms with van der Waals surface area (Å²) >= 11 is 11.8. The SMILES string of the molecule is COc1ccc(C(=O)/C=C/c2ccc(Cl)c(Cl)c2)cc1OC. The van der Waals surface area contributed by atoms with Crippen LogP contribution in [-0.4, -0.2) is 20.0 Å². The Kier molecular flexibility index (Phi) is 5.47. The van der Waals surface area contributed by atoms with Gasteiger partial charge in [0.05, 0.1) is 24.3 Å². The normalized spacial score (nSPS) is 10.7. The third kappa shape index (κ3) is 3.81. The fraction of sp³-hybridized carbons (Fsp3) is 0.118. The van der Waals surface area contributed by atoms with Crippen molar-refractivity contribution in [3.05, 3.63) is 63.6 Å². The number of ketones is 1. The Bertz CT molecular complexity index is 724. The van der Waals surface area contributed by atoms with Crippen molar-refractivity contribution in [3.63, 3.8) is 0 Å². The van der Waals surface area contributed by atoms with Crippen molar-refractivity contribution in [1.82, 2.24) is 0 Å². The van der Waals surface area contributed by atoms with Crippen LogP contribution in [0.3, 0.4) is 0 Å². The molecule has 0 amide bonds. The van der Waals surface area contributed by atoms with Crippen LogP contribution in [0.25, 0.3) is 6.08 Å². The second-order valence-electron chi connectivity index (χ2n) is 4.44. The molecule has 2 aromatic carbocycles. The van der Waals surface area contributed by atoms with Gasteiger partial charge in [0.1, 0.15) is 0 Å². The summed E-state index contributed by atoms with van der Waals surface area (Å²) in [5, 5.41) is 0.924. The van der Waals surface area contributed by atoms with Crippen LogP contribution < -0.4 is 9.47 Å². The minimum Gasteiger partial charge on any atom is -0.493 e. The maximum absolute atomic E-state index is 12.2. The average Bonchev–Trinajstić information content (AvgIpc) is 2.54. The Labute approximate surface area is 139 Å². The Hall–Kier alpha value is -1.97. The molecule has 0 aliphatic carbocycles. The number of carbonyl (C=O) groups excluding carboxylic acids is 1. The van der Waals surface area contributed by atoms with E-state index in [4.69, 9.17) is 32.7 Å². The quantitative estimate of drug-likeness (QED) is 0.575. The van der Waals surface area contributed by atoms with Gasteiger partial charge in [-0.2, -0.15) is 0 Å². The van der Waals surface area contributed by atoms with E-state index in [-0.39, 0.29) is 5.78 Å². The zero-order chi connectivity index (χ0) is 16.1. The minimum absolute atomic E-state index is 0.146. The number of allylic oxidation sites excluding steroid dienone is 1. The topological polar surface area (TPSA) is 35.5 Å². The number of rotatable bonds is 5. The monoisotopic (exact) mass is 336 g/mol. The summed E-state index contributed by atoms with van der Waals surface area (Å²) < 4.78 is 10.3. The molecule has 0 aromatic heterocycles. The maximum atomic E-state index is 12.2. The van der Waals surface area contributed by atoms with Gasteiger partial charge in [-0.3, -0.25) is 4.79 Å². The maximum Gasteiger partial charge on any atom is 0.185 e. The Morgan fingerprint density at radius 3 is 2.32 bits per heavy atom. The molecule has 0 bridgehead atoms. The number of carbonyl (C=O) groups is 1. The number of methoxy groups -OCH3 is 2. The molecule has 0 aliphatic heterocycles. The molecule has 22 heavy (non-hydrogen) atoms. The molecule has 2 aromatic rings. The molecular weight excluding hydrogens is 323 g/mol. The van der Waals surface area contributed by atoms with Crippen molar-refractivity contribution in [2.45, 2.75) is 0 Å². The van der Waals surface area contributed by atoms with Gasteiger partial charge in [-0.15, -0.1) is 0 Å². The van der Waals surface area contributed by atoms with Crippen LogP contribution in [0.1, 0.15) is 15.9 Å². The van der Waals surface area contributed by atoms with Crippen molar-refractivity contribution < 1.29 is 14.3 Å². The fourth-order valence-corrected chi connectivity index (χ4v) is 2.18. The predicted octanol–water partition coefficient (Wildman–Crippen LogP) is 4.91. The molecule has 0 spiro atoms. The lowest BCUT2D eigenvalue weighted by molar-refractivity contribution is 0.104. The Morgan fingerprint density at radius 2 is 1.68 bits per heavy atom. The smallest absolute Gasteiger partial charge is 0.185 e. The molecule has 0 N–H and O–H groups in total. The van der Waals surface area contributed by atoms with E-state index in [1.807, 2.05) is 0 Å². The van der Waals surface area contributed by atoms with E-state index in [1.165, 1.54) is 13.2 Å². The summed E-state index contributed by atoms with van der Waals surface area (Å²) in [7, 11) is 3.07. The molecule has 2 rings (SSSR count). The number of hydrogen-bond acceptors (Lipinski definition) is 3. The second kappa shape index (κ2) is 7.34. The lowest BCUT2D eigenvalue weighted by Gasteiger charge is -2.08. The summed E-state index contributed by atoms with van der Waals surface area (Å²) in [5.74, 6) is 0.941. The average molecular weight is 337 g/mol. The zero-order valence-corrected chi connectivity index (χ0v) is 13.6. The third-order valence-electron chi connectivity index (χ3n) is 3.04. The van der Waals surface area contributed by atoms with Gasteiger partial charge in [0.15, 0.2) is 17.3 Å². The van der Waals surface area contributed by atoms with Gasteiger partial charge in [-0.25, -0.2) is 0 Å². The molecule has 0 atom stereocenters. The molecule has 0 fully saturated rings. The fourth-order valence-electron chi connectivity index (χ4n) is 1.87. The van der Waals surface area contributed by atoms with E-state index in [9.17, 15) is 4.79 Å². The van der Waals surface area contributed by atoms with E-state index in [0.29, 0.717) is 27.1 Å². The van der Waals surface area contributed by atoms with E-state index in [0.717, 1.165) is 5.56 Å². The van der Waals surface area contributed by atoms with Gasteiger partial charge in [-0.1, -0.05) is 35.3 Å². The van der Waals surface area contributed by atoms with Crippen LogP contribution in [0.15, 0.2) is 42.5 Å². The molecule has 5 heteroatoms. The number of benzene rings is 2. The lowest BCUT2D eigenvalue weighted by atomic mass is 10.1. The Balaban J connectivity index is 2.21. The van der Waals surface area contributed by atoms with E-state index in [2.05, 4.69) is 0 Å². The third-order valence-corrected chi connectivity index (χ3v) is 3.78. The predicted molar refractivity (Wildman–Crippen MR) is 89.4 cm³/mol. The zero-order valence-electron chi connectivity index (χ0n) is 12.1. The molecule has 0 saturated carbocycles. The van der Waals surface area contributed by atoms with Crippen LogP contribution in [-0.2, 0) is 0 Å². The highest BCUT2D eigenvalue weighted by Gasteiger charge is 2.08. The van der Waals surface area contributed by atoms with Crippen LogP contribution in [0, 0.1) is 0 Å². The summed E-state index contributed by atoms with van der Waals surface area (Å²) in [6, 6.07) is 10.2. The van der Waals surface area contributed by atoms with Gasteiger partial charge in [0.25, 0.3) is 0 Å². The molecule has 0 heterocycles. The van der Waals surface area contributed by atoms with E-state index < -0.39 is 0 Å². The number of ether oxygens (including phenoxy) is 2. The number of halogens is 2. The summed E-state index contributed by atoms with van der Waals surface area (Å²) in [6.07, 6.45) is 3.15. The highest BCUT2D eigenvalue weighted by molar-refractivity contribution is 6.42. The van der Waals surface area contributed by atoms with Gasteiger partial charge < -0.3 is 9.47 Å². The van der Waals surface area contributed by atoms with Gasteiger partial charge >= 0.3 is 0 Å². The summed E-state index contributed by atoms with van der Waals surface area (Å²) in [5.41, 5.74) is 1.30. The van der Waals surface area contributed by atoms with E-state index in [1.54, 1.807) is 49.6 Å². The number of hydrogen-bond donors (Lipinski definition) is 0. The van der Waals surface area contributed by atoms with Crippen molar-refractivity contribution in [2.24, 2.45) is 0 Å². The first-order chi connectivity index (χ1) is 10.5. The molecule has 114 valence electrons. The van der Waals surface area contributed by atoms with Gasteiger partial charge in [-0.05, 0) is 42.0 Å². The first-order valence-electron chi connectivity index (χ1n) is 6.44. The largest absolute Gasteiger partial charge is 0.493 e. The highest BCUT2D eigenvalue weighted by Crippen LogP contribution is 2.28. The minimum atomic E-state index is -0.146.